The van der Waals surface area contributed by atoms with Gasteiger partial charge in [0, 0.05) is 0 Å². The molecular formula is C23H30N4O5. The lowest BCUT2D eigenvalue weighted by Gasteiger charge is -2.39. The number of nitrogens with zero attached hydrogens (tertiary/aromatic N) is 2. The number of hydrogen-bond donors (Lipinski definition) is 2. The molecule has 4 aliphatic carbocycles. The quantitative estimate of drug-likeness (QED) is 0.602. The molecular weight excluding hydrogens is 412 g/mol. The average molecular weight is 443 g/mol. The van der Waals surface area contributed by atoms with E-state index in [-0.39, 0.29) is 0 Å². The lowest BCUT2D eigenvalue weighted by Crippen LogP contribution is -2.57. The number of hydrogen-bond acceptors (Lipinski definition) is 7. The normalized spacial score (nSPS) is 25.7. The number of nitrogens with one attached hydrogen (secondary N) is 2. The summed E-state index contributed by atoms with van der Waals surface area (Å²) >= 11 is 0. The highest BCUT2D eigenvalue weighted by atomic mass is 16.7. The first-order valence-corrected chi connectivity index (χ1v) is 11.7. The lowest BCUT2D eigenvalue weighted by molar-refractivity contribution is -0.160. The van der Waals surface area contributed by atoms with Crippen LogP contribution in [0.2, 0.25) is 0 Å². The third kappa shape index (κ3) is 4.39. The van der Waals surface area contributed by atoms with Crippen molar-refractivity contribution in [3.8, 4) is 12.1 Å². The summed E-state index contributed by atoms with van der Waals surface area (Å²) in [5, 5.41) is 24.2. The number of carbonyl (C=O) groups excluding carboxylic acids is 3. The first-order valence-electron chi connectivity index (χ1n) is 11.7. The summed E-state index contributed by atoms with van der Waals surface area (Å²) < 4.78 is 11.4. The molecule has 4 rings (SSSR count). The van der Waals surface area contributed by atoms with Crippen LogP contribution in [0.4, 0.5) is 4.79 Å². The number of amides is 2. The van der Waals surface area contributed by atoms with E-state index in [1.807, 2.05) is 0 Å². The van der Waals surface area contributed by atoms with Crippen molar-refractivity contribution in [2.24, 2.45) is 0 Å². The van der Waals surface area contributed by atoms with Crippen molar-refractivity contribution in [3.63, 3.8) is 0 Å². The van der Waals surface area contributed by atoms with E-state index in [0.717, 1.165) is 38.5 Å². The van der Waals surface area contributed by atoms with Crippen molar-refractivity contribution in [3.05, 3.63) is 0 Å². The van der Waals surface area contributed by atoms with Crippen LogP contribution in [-0.4, -0.2) is 40.2 Å². The molecule has 4 saturated carbocycles. The van der Waals surface area contributed by atoms with Gasteiger partial charge in [0.15, 0.2) is 11.2 Å². The molecule has 0 saturated heterocycles. The highest BCUT2D eigenvalue weighted by Crippen LogP contribution is 2.40. The summed E-state index contributed by atoms with van der Waals surface area (Å²) in [6.07, 6.45) is 7.44. The van der Waals surface area contributed by atoms with E-state index in [1.165, 1.54) is 0 Å². The molecule has 0 bridgehead atoms. The summed E-state index contributed by atoms with van der Waals surface area (Å²) in [4.78, 5) is 39.2. The van der Waals surface area contributed by atoms with Crippen molar-refractivity contribution in [2.45, 2.75) is 112 Å². The molecule has 2 N–H and O–H groups in total. The molecule has 2 amide bonds. The maximum absolute atomic E-state index is 13.1. The van der Waals surface area contributed by atoms with E-state index >= 15 is 0 Å². The lowest BCUT2D eigenvalue weighted by atomic mass is 9.83. The van der Waals surface area contributed by atoms with Crippen LogP contribution in [0.15, 0.2) is 0 Å². The van der Waals surface area contributed by atoms with Gasteiger partial charge in [-0.05, 0) is 77.0 Å². The molecule has 0 aliphatic heterocycles. The van der Waals surface area contributed by atoms with Crippen LogP contribution in [0.25, 0.3) is 0 Å². The molecule has 172 valence electrons. The Kier molecular flexibility index (Phi) is 5.79. The second-order valence-electron chi connectivity index (χ2n) is 9.86. The highest BCUT2D eigenvalue weighted by Gasteiger charge is 2.54. The van der Waals surface area contributed by atoms with E-state index in [0.29, 0.717) is 51.4 Å². The van der Waals surface area contributed by atoms with Crippen molar-refractivity contribution in [1.82, 2.24) is 10.6 Å². The van der Waals surface area contributed by atoms with Crippen molar-refractivity contribution < 1.29 is 23.9 Å². The molecule has 0 unspecified atom stereocenters. The van der Waals surface area contributed by atoms with Gasteiger partial charge in [-0.15, -0.1) is 0 Å². The number of carbonyl (C=O) groups is 3. The molecule has 9 heteroatoms. The fourth-order valence-corrected chi connectivity index (χ4v) is 4.78. The van der Waals surface area contributed by atoms with Gasteiger partial charge in [0.05, 0.1) is 12.1 Å². The number of rotatable bonds is 6. The maximum Gasteiger partial charge on any atom is 0.510 e. The average Bonchev–Trinajstić information content (AvgIpc) is 3.72. The van der Waals surface area contributed by atoms with Crippen LogP contribution in [0, 0.1) is 22.7 Å². The van der Waals surface area contributed by atoms with Gasteiger partial charge in [0.2, 0.25) is 0 Å². The van der Waals surface area contributed by atoms with E-state index in [2.05, 4.69) is 22.8 Å². The highest BCUT2D eigenvalue weighted by molar-refractivity contribution is 5.90. The van der Waals surface area contributed by atoms with Crippen LogP contribution >= 0.6 is 0 Å². The van der Waals surface area contributed by atoms with Gasteiger partial charge in [-0.2, -0.15) is 10.5 Å². The Labute approximate surface area is 187 Å². The smallest absolute Gasteiger partial charge is 0.418 e. The molecule has 4 aliphatic rings. The molecule has 32 heavy (non-hydrogen) atoms. The first kappa shape index (κ1) is 22.4. The summed E-state index contributed by atoms with van der Waals surface area (Å²) in [7, 11) is 0. The van der Waals surface area contributed by atoms with Gasteiger partial charge in [-0.3, -0.25) is 9.59 Å². The number of nitriles is 2. The Hall–Kier alpha value is -2.81. The molecule has 4 fully saturated rings. The fourth-order valence-electron chi connectivity index (χ4n) is 4.78. The van der Waals surface area contributed by atoms with E-state index in [1.54, 1.807) is 0 Å². The Bertz CT molecular complexity index is 796. The molecule has 0 heterocycles. The predicted molar refractivity (Wildman–Crippen MR) is 111 cm³/mol. The second kappa shape index (κ2) is 8.27. The van der Waals surface area contributed by atoms with Crippen LogP contribution in [0.1, 0.15) is 89.9 Å². The first-order chi connectivity index (χ1) is 15.3. The Balaban J connectivity index is 1.48. The van der Waals surface area contributed by atoms with Crippen LogP contribution in [0.5, 0.6) is 0 Å². The molecule has 0 aromatic heterocycles. The second-order valence-corrected chi connectivity index (χ2v) is 9.86. The molecule has 0 aromatic carbocycles. The summed E-state index contributed by atoms with van der Waals surface area (Å²) in [6, 6.07) is 4.26. The molecule has 0 spiro atoms. The van der Waals surface area contributed by atoms with E-state index in [9.17, 15) is 24.9 Å². The maximum atomic E-state index is 13.1. The molecule has 0 aromatic rings. The Morgan fingerprint density at radius 1 is 0.594 bits per heavy atom. The van der Waals surface area contributed by atoms with Crippen molar-refractivity contribution in [1.29, 1.82) is 10.5 Å². The minimum absolute atomic E-state index is 0.353. The van der Waals surface area contributed by atoms with Crippen LogP contribution in [0.3, 0.4) is 0 Å². The summed E-state index contributed by atoms with van der Waals surface area (Å²) in [5.74, 6) is -0.923. The van der Waals surface area contributed by atoms with Gasteiger partial charge >= 0.3 is 6.16 Å². The zero-order valence-electron chi connectivity index (χ0n) is 18.3. The topological polar surface area (TPSA) is 141 Å². The Morgan fingerprint density at radius 2 is 0.938 bits per heavy atom. The molecule has 0 atom stereocenters. The van der Waals surface area contributed by atoms with Gasteiger partial charge in [0.25, 0.3) is 11.8 Å². The van der Waals surface area contributed by atoms with Gasteiger partial charge in [-0.1, -0.05) is 12.8 Å². The van der Waals surface area contributed by atoms with Gasteiger partial charge in [-0.25, -0.2) is 4.79 Å². The molecule has 9 nitrogen and oxygen atoms in total. The standard InChI is InChI=1S/C23H30N4O5/c24-15-20(11-12-20)26-17(28)22(7-3-1-4-8-22)31-19(30)32-23(9-5-2-6-10-23)18(29)27-21(16-25)13-14-21/h1-14H2,(H,26,28)(H,27,29). The van der Waals surface area contributed by atoms with Gasteiger partial charge < -0.3 is 20.1 Å². The predicted octanol–water partition coefficient (Wildman–Crippen LogP) is 2.89. The minimum atomic E-state index is -1.39. The zero-order chi connectivity index (χ0) is 22.9. The third-order valence-electron chi connectivity index (χ3n) is 7.34. The zero-order valence-corrected chi connectivity index (χ0v) is 18.3. The Morgan fingerprint density at radius 3 is 1.22 bits per heavy atom. The monoisotopic (exact) mass is 442 g/mol. The number of ether oxygens (including phenoxy) is 2. The van der Waals surface area contributed by atoms with E-state index < -0.39 is 40.2 Å². The largest absolute Gasteiger partial charge is 0.510 e. The third-order valence-corrected chi connectivity index (χ3v) is 7.34. The SMILES string of the molecule is N#CC1(NC(=O)C2(OC(=O)OC3(C(=O)NC4(C#N)CC4)CCCCC3)CCCCC2)CC1. The van der Waals surface area contributed by atoms with Crippen LogP contribution < -0.4 is 10.6 Å². The molecule has 0 radical (unpaired) electrons. The van der Waals surface area contributed by atoms with E-state index in [4.69, 9.17) is 9.47 Å². The van der Waals surface area contributed by atoms with Gasteiger partial charge in [0.1, 0.15) is 11.1 Å². The van der Waals surface area contributed by atoms with Crippen molar-refractivity contribution in [2.75, 3.05) is 0 Å². The fraction of sp³-hybridized carbons (Fsp3) is 0.783. The minimum Gasteiger partial charge on any atom is -0.418 e. The van der Waals surface area contributed by atoms with Crippen LogP contribution in [-0.2, 0) is 19.1 Å². The summed E-state index contributed by atoms with van der Waals surface area (Å²) in [6.45, 7) is 0. The van der Waals surface area contributed by atoms with Crippen molar-refractivity contribution >= 4 is 18.0 Å². The summed E-state index contributed by atoms with van der Waals surface area (Å²) in [5.41, 5.74) is -4.51.